The first-order chi connectivity index (χ1) is 12.8. The zero-order chi connectivity index (χ0) is 17.6. The third-order valence-electron chi connectivity index (χ3n) is 10.7. The predicted octanol–water partition coefficient (Wildman–Crippen LogP) is 8.34. The summed E-state index contributed by atoms with van der Waals surface area (Å²) >= 11 is 0. The lowest BCUT2D eigenvalue weighted by molar-refractivity contribution is 0.259. The van der Waals surface area contributed by atoms with Crippen molar-refractivity contribution in [3.05, 3.63) is 0 Å². The highest BCUT2D eigenvalue weighted by Crippen LogP contribution is 2.65. The predicted molar refractivity (Wildman–Crippen MR) is 115 cm³/mol. The van der Waals surface area contributed by atoms with Crippen LogP contribution in [0.25, 0.3) is 0 Å². The molecule has 0 radical (unpaired) electrons. The van der Waals surface area contributed by atoms with E-state index in [1.54, 1.807) is 109 Å². The van der Waals surface area contributed by atoms with Gasteiger partial charge in [0.05, 0.1) is 8.07 Å². The second kappa shape index (κ2) is 7.56. The Morgan fingerprint density at radius 3 is 1.46 bits per heavy atom. The molecule has 0 aliphatic heterocycles. The lowest BCUT2D eigenvalue weighted by Crippen LogP contribution is -2.50. The van der Waals surface area contributed by atoms with Gasteiger partial charge in [0, 0.05) is 0 Å². The van der Waals surface area contributed by atoms with E-state index < -0.39 is 8.07 Å². The van der Waals surface area contributed by atoms with E-state index in [1.165, 1.54) is 28.5 Å². The smallest absolute Gasteiger partial charge is 0.0603 e. The Kier molecular flexibility index (Phi) is 5.31. The Hall–Kier alpha value is 0.217. The fraction of sp³-hybridized carbons (Fsp3) is 1.00. The van der Waals surface area contributed by atoms with E-state index in [2.05, 4.69) is 6.55 Å². The third kappa shape index (κ3) is 2.98. The summed E-state index contributed by atoms with van der Waals surface area (Å²) in [7, 11) is -1.20. The van der Waals surface area contributed by atoms with Gasteiger partial charge in [0.15, 0.2) is 0 Å². The van der Waals surface area contributed by atoms with Crippen LogP contribution in [0, 0.1) is 23.7 Å². The monoisotopic (exact) mass is 372 g/mol. The Balaban J connectivity index is 1.47. The number of hydrogen-bond donors (Lipinski definition) is 0. The van der Waals surface area contributed by atoms with Crippen LogP contribution >= 0.6 is 0 Å². The minimum absolute atomic E-state index is 1.16. The number of rotatable bonds is 3. The van der Waals surface area contributed by atoms with Crippen molar-refractivity contribution in [2.24, 2.45) is 23.7 Å². The van der Waals surface area contributed by atoms with Crippen molar-refractivity contribution >= 4 is 8.07 Å². The van der Waals surface area contributed by atoms with Crippen LogP contribution < -0.4 is 0 Å². The van der Waals surface area contributed by atoms with Gasteiger partial charge in [-0.3, -0.25) is 0 Å². The Morgan fingerprint density at radius 1 is 0.462 bits per heavy atom. The van der Waals surface area contributed by atoms with Gasteiger partial charge < -0.3 is 0 Å². The molecule has 0 saturated heterocycles. The molecule has 148 valence electrons. The molecule has 5 rings (SSSR count). The molecular formula is C25H44Si. The second-order valence-electron chi connectivity index (χ2n) is 11.5. The van der Waals surface area contributed by atoms with Crippen molar-refractivity contribution in [1.29, 1.82) is 0 Å². The van der Waals surface area contributed by atoms with Crippen molar-refractivity contribution in [1.82, 2.24) is 0 Å². The molecule has 7 atom stereocenters. The summed E-state index contributed by atoms with van der Waals surface area (Å²) in [5, 5.41) is 0. The lowest BCUT2D eigenvalue weighted by Gasteiger charge is -2.52. The van der Waals surface area contributed by atoms with Gasteiger partial charge in [-0.2, -0.15) is 0 Å². The first-order valence-corrected chi connectivity index (χ1v) is 15.5. The van der Waals surface area contributed by atoms with Gasteiger partial charge in [0.1, 0.15) is 0 Å². The molecule has 0 nitrogen and oxygen atoms in total. The van der Waals surface area contributed by atoms with E-state index in [1.807, 2.05) is 0 Å². The molecule has 0 spiro atoms. The normalized spacial score (nSPS) is 46.5. The molecule has 0 amide bonds. The Bertz CT molecular complexity index is 447. The summed E-state index contributed by atoms with van der Waals surface area (Å²) in [5.41, 5.74) is 3.69. The van der Waals surface area contributed by atoms with Crippen LogP contribution in [-0.4, -0.2) is 8.07 Å². The van der Waals surface area contributed by atoms with Crippen molar-refractivity contribution in [3.8, 4) is 0 Å². The van der Waals surface area contributed by atoms with Gasteiger partial charge in [-0.25, -0.2) is 0 Å². The van der Waals surface area contributed by atoms with E-state index in [9.17, 15) is 0 Å². The highest BCUT2D eigenvalue weighted by molar-refractivity contribution is 6.83. The summed E-state index contributed by atoms with van der Waals surface area (Å²) in [4.78, 5) is 0. The Labute approximate surface area is 164 Å². The van der Waals surface area contributed by atoms with Crippen molar-refractivity contribution in [2.45, 2.75) is 132 Å². The summed E-state index contributed by atoms with van der Waals surface area (Å²) in [5.74, 6) is 4.69. The van der Waals surface area contributed by atoms with Crippen molar-refractivity contribution < 1.29 is 0 Å². The van der Waals surface area contributed by atoms with Gasteiger partial charge in [-0.15, -0.1) is 0 Å². The molecule has 0 heterocycles. The van der Waals surface area contributed by atoms with Crippen LogP contribution in [0.15, 0.2) is 0 Å². The van der Waals surface area contributed by atoms with Crippen LogP contribution in [0.2, 0.25) is 23.2 Å². The molecule has 0 N–H and O–H groups in total. The van der Waals surface area contributed by atoms with Crippen LogP contribution in [-0.2, 0) is 0 Å². The average molecular weight is 373 g/mol. The summed E-state index contributed by atoms with van der Waals surface area (Å²) in [6, 6.07) is 0. The summed E-state index contributed by atoms with van der Waals surface area (Å²) in [6.45, 7) is 3.02. The summed E-state index contributed by atoms with van der Waals surface area (Å²) < 4.78 is 0. The molecule has 0 aromatic rings. The number of fused-ring (bicyclic) bond motifs is 2. The SMILES string of the molecule is C[Si](C1CCCCC1)(C1CC[C@@H]2CCCC[C@H]12)[C@H]1CC[C@@H]2CCCC[C@@H]21. The van der Waals surface area contributed by atoms with Crippen molar-refractivity contribution in [3.63, 3.8) is 0 Å². The van der Waals surface area contributed by atoms with E-state index in [4.69, 9.17) is 0 Å². The summed E-state index contributed by atoms with van der Waals surface area (Å²) in [6.07, 6.45) is 27.3. The Morgan fingerprint density at radius 2 is 0.923 bits per heavy atom. The molecule has 5 aliphatic carbocycles. The van der Waals surface area contributed by atoms with Crippen LogP contribution in [0.5, 0.6) is 0 Å². The van der Waals surface area contributed by atoms with Gasteiger partial charge in [0.25, 0.3) is 0 Å². The lowest BCUT2D eigenvalue weighted by atomic mass is 9.81. The largest absolute Gasteiger partial charge is 0.0685 e. The van der Waals surface area contributed by atoms with Gasteiger partial charge in [0.2, 0.25) is 0 Å². The van der Waals surface area contributed by atoms with E-state index in [0.717, 1.165) is 11.8 Å². The molecule has 5 aliphatic rings. The van der Waals surface area contributed by atoms with Gasteiger partial charge in [-0.1, -0.05) is 116 Å². The fourth-order valence-electron chi connectivity index (χ4n) is 9.61. The molecule has 26 heavy (non-hydrogen) atoms. The van der Waals surface area contributed by atoms with Gasteiger partial charge >= 0.3 is 0 Å². The molecule has 1 heteroatoms. The zero-order valence-corrected chi connectivity index (χ0v) is 18.6. The molecule has 5 fully saturated rings. The van der Waals surface area contributed by atoms with Crippen LogP contribution in [0.1, 0.15) is 109 Å². The highest BCUT2D eigenvalue weighted by atomic mass is 28.3. The highest BCUT2D eigenvalue weighted by Gasteiger charge is 2.58. The van der Waals surface area contributed by atoms with Crippen molar-refractivity contribution in [2.75, 3.05) is 0 Å². The molecule has 0 aromatic heterocycles. The standard InChI is InChI=1S/C25H44Si/c1-26(21-11-3-2-4-12-21,24-17-15-19-9-5-7-13-22(19)24)25-18-16-20-10-6-8-14-23(20)25/h19-25H,2-18H2,1H3/t19-,20-,22-,23-,24-,25?,26?/m0/s1. The van der Waals surface area contributed by atoms with Crippen LogP contribution in [0.3, 0.4) is 0 Å². The maximum atomic E-state index is 3.02. The second-order valence-corrected chi connectivity index (χ2v) is 16.5. The molecule has 2 unspecified atom stereocenters. The minimum Gasteiger partial charge on any atom is -0.0685 e. The van der Waals surface area contributed by atoms with Crippen LogP contribution in [0.4, 0.5) is 0 Å². The average Bonchev–Trinajstić information content (AvgIpc) is 3.33. The first kappa shape index (κ1) is 18.3. The van der Waals surface area contributed by atoms with Gasteiger partial charge in [-0.05, 0) is 40.3 Å². The first-order valence-electron chi connectivity index (χ1n) is 12.8. The third-order valence-corrected chi connectivity index (χ3v) is 17.7. The molecule has 0 aromatic carbocycles. The van der Waals surface area contributed by atoms with E-state index in [0.29, 0.717) is 0 Å². The topological polar surface area (TPSA) is 0 Å². The zero-order valence-electron chi connectivity index (χ0n) is 17.6. The van der Waals surface area contributed by atoms with E-state index in [-0.39, 0.29) is 0 Å². The minimum atomic E-state index is -1.20. The van der Waals surface area contributed by atoms with E-state index >= 15 is 0 Å². The quantitative estimate of drug-likeness (QED) is 0.437. The molecular weight excluding hydrogens is 328 g/mol. The maximum absolute atomic E-state index is 3.02. The maximum Gasteiger partial charge on any atom is 0.0603 e. The number of hydrogen-bond acceptors (Lipinski definition) is 0. The molecule has 5 saturated carbocycles. The molecule has 0 bridgehead atoms. The fourth-order valence-corrected chi connectivity index (χ4v) is 17.3.